The van der Waals surface area contributed by atoms with Crippen molar-refractivity contribution < 1.29 is 9.59 Å². The lowest BCUT2D eigenvalue weighted by Crippen LogP contribution is -2.25. The number of anilines is 1. The van der Waals surface area contributed by atoms with Gasteiger partial charge in [0, 0.05) is 27.6 Å². The Bertz CT molecular complexity index is 1430. The molecular formula is C26H22BrN3O3. The smallest absolute Gasteiger partial charge is 0.244 e. The molecule has 0 saturated carbocycles. The number of nitrogens with zero attached hydrogens (tertiary/aromatic N) is 2. The SMILES string of the molecule is CCc1cccc(NC(=O)Cn2cc(C(=O)c3ccc(Br)cc3)c(=O)c3ccc(C)nc32)c1. The standard InChI is InChI=1S/C26H22BrN3O3/c1-3-17-5-4-6-20(13-17)29-23(31)15-30-14-22(24(32)18-8-10-19(27)11-9-18)25(33)21-12-7-16(2)28-26(21)30/h4-14H,3,15H2,1-2H3,(H,29,31). The maximum atomic E-state index is 13.1. The Kier molecular flexibility index (Phi) is 6.51. The fourth-order valence-electron chi connectivity index (χ4n) is 3.62. The van der Waals surface area contributed by atoms with Crippen LogP contribution in [0.4, 0.5) is 5.69 Å². The van der Waals surface area contributed by atoms with Crippen LogP contribution >= 0.6 is 15.9 Å². The Balaban J connectivity index is 1.74. The predicted octanol–water partition coefficient (Wildman–Crippen LogP) is 4.90. The van der Waals surface area contributed by atoms with E-state index >= 15 is 0 Å². The number of carbonyl (C=O) groups excluding carboxylic acids is 2. The Hall–Kier alpha value is -3.58. The maximum absolute atomic E-state index is 13.1. The molecule has 6 nitrogen and oxygen atoms in total. The number of hydrogen-bond donors (Lipinski definition) is 1. The molecule has 0 aliphatic rings. The number of aryl methyl sites for hydroxylation is 2. The highest BCUT2D eigenvalue weighted by Gasteiger charge is 2.19. The van der Waals surface area contributed by atoms with Gasteiger partial charge in [0.1, 0.15) is 12.2 Å². The number of halogens is 1. The second kappa shape index (κ2) is 9.50. The van der Waals surface area contributed by atoms with Crippen molar-refractivity contribution in [3.05, 3.63) is 104 Å². The number of carbonyl (C=O) groups is 2. The van der Waals surface area contributed by atoms with E-state index in [1.54, 1.807) is 41.0 Å². The number of nitrogens with one attached hydrogen (secondary N) is 1. The Morgan fingerprint density at radius 1 is 1.06 bits per heavy atom. The third-order valence-electron chi connectivity index (χ3n) is 5.34. The van der Waals surface area contributed by atoms with Crippen LogP contribution in [0, 0.1) is 6.92 Å². The summed E-state index contributed by atoms with van der Waals surface area (Å²) in [6.07, 6.45) is 2.29. The first-order chi connectivity index (χ1) is 15.9. The monoisotopic (exact) mass is 503 g/mol. The van der Waals surface area contributed by atoms with Gasteiger partial charge in [-0.1, -0.05) is 35.0 Å². The Labute approximate surface area is 199 Å². The van der Waals surface area contributed by atoms with Crippen LogP contribution in [0.15, 0.2) is 76.1 Å². The normalized spacial score (nSPS) is 10.9. The van der Waals surface area contributed by atoms with Gasteiger partial charge in [-0.15, -0.1) is 0 Å². The lowest BCUT2D eigenvalue weighted by atomic mass is 10.0. The fraction of sp³-hybridized carbons (Fsp3) is 0.154. The first-order valence-electron chi connectivity index (χ1n) is 10.6. The molecule has 0 bridgehead atoms. The van der Waals surface area contributed by atoms with Gasteiger partial charge < -0.3 is 9.88 Å². The van der Waals surface area contributed by atoms with Gasteiger partial charge in [-0.2, -0.15) is 0 Å². The molecule has 1 N–H and O–H groups in total. The zero-order valence-corrected chi connectivity index (χ0v) is 19.8. The van der Waals surface area contributed by atoms with Crippen LogP contribution in [0.2, 0.25) is 0 Å². The summed E-state index contributed by atoms with van der Waals surface area (Å²) in [5, 5.41) is 3.19. The highest BCUT2D eigenvalue weighted by molar-refractivity contribution is 9.10. The molecule has 0 atom stereocenters. The molecule has 0 fully saturated rings. The minimum Gasteiger partial charge on any atom is -0.325 e. The lowest BCUT2D eigenvalue weighted by molar-refractivity contribution is -0.116. The molecule has 0 radical (unpaired) electrons. The molecule has 33 heavy (non-hydrogen) atoms. The minimum absolute atomic E-state index is 0.00347. The zero-order chi connectivity index (χ0) is 23.5. The number of rotatable bonds is 6. The highest BCUT2D eigenvalue weighted by atomic mass is 79.9. The van der Waals surface area contributed by atoms with Crippen LogP contribution in [0.3, 0.4) is 0 Å². The third kappa shape index (κ3) is 4.93. The summed E-state index contributed by atoms with van der Waals surface area (Å²) in [7, 11) is 0. The fourth-order valence-corrected chi connectivity index (χ4v) is 3.89. The summed E-state index contributed by atoms with van der Waals surface area (Å²) in [4.78, 5) is 43.6. The molecule has 166 valence electrons. The number of amides is 1. The van der Waals surface area contributed by atoms with E-state index in [-0.39, 0.29) is 18.0 Å². The van der Waals surface area contributed by atoms with E-state index in [1.807, 2.05) is 38.1 Å². The van der Waals surface area contributed by atoms with Crippen LogP contribution < -0.4 is 10.7 Å². The first kappa shape index (κ1) is 22.6. The van der Waals surface area contributed by atoms with Gasteiger partial charge in [-0.25, -0.2) is 4.98 Å². The molecular weight excluding hydrogens is 482 g/mol. The summed E-state index contributed by atoms with van der Waals surface area (Å²) in [5.41, 5.74) is 2.86. The van der Waals surface area contributed by atoms with E-state index in [4.69, 9.17) is 0 Å². The number of hydrogen-bond acceptors (Lipinski definition) is 4. The molecule has 4 aromatic rings. The first-order valence-corrected chi connectivity index (χ1v) is 11.3. The van der Waals surface area contributed by atoms with Crippen molar-refractivity contribution in [2.75, 3.05) is 5.32 Å². The molecule has 0 aliphatic carbocycles. The van der Waals surface area contributed by atoms with E-state index in [9.17, 15) is 14.4 Å². The molecule has 0 aliphatic heterocycles. The second-order valence-electron chi connectivity index (χ2n) is 7.76. The molecule has 2 heterocycles. The van der Waals surface area contributed by atoms with Gasteiger partial charge in [0.15, 0.2) is 5.78 Å². The van der Waals surface area contributed by atoms with Crippen LogP contribution in [0.25, 0.3) is 11.0 Å². The molecule has 0 spiro atoms. The van der Waals surface area contributed by atoms with Crippen molar-refractivity contribution >= 4 is 44.3 Å². The minimum atomic E-state index is -0.405. The summed E-state index contributed by atoms with van der Waals surface area (Å²) in [6, 6.07) is 17.8. The van der Waals surface area contributed by atoms with E-state index in [1.165, 1.54) is 6.20 Å². The summed E-state index contributed by atoms with van der Waals surface area (Å²) in [6.45, 7) is 3.76. The van der Waals surface area contributed by atoms with Gasteiger partial charge in [-0.3, -0.25) is 14.4 Å². The van der Waals surface area contributed by atoms with E-state index < -0.39 is 11.2 Å². The highest BCUT2D eigenvalue weighted by Crippen LogP contribution is 2.17. The second-order valence-corrected chi connectivity index (χ2v) is 8.68. The van der Waals surface area contributed by atoms with Gasteiger partial charge in [0.25, 0.3) is 0 Å². The average Bonchev–Trinajstić information content (AvgIpc) is 2.81. The van der Waals surface area contributed by atoms with E-state index in [0.717, 1.165) is 16.5 Å². The molecule has 7 heteroatoms. The zero-order valence-electron chi connectivity index (χ0n) is 18.3. The topological polar surface area (TPSA) is 81.1 Å². The number of fused-ring (bicyclic) bond motifs is 1. The van der Waals surface area contributed by atoms with Crippen molar-refractivity contribution in [3.63, 3.8) is 0 Å². The quantitative estimate of drug-likeness (QED) is 0.379. The van der Waals surface area contributed by atoms with Crippen molar-refractivity contribution in [3.8, 4) is 0 Å². The van der Waals surface area contributed by atoms with Crippen molar-refractivity contribution in [2.24, 2.45) is 0 Å². The largest absolute Gasteiger partial charge is 0.325 e. The van der Waals surface area contributed by atoms with E-state index in [2.05, 4.69) is 26.2 Å². The Morgan fingerprint density at radius 3 is 2.55 bits per heavy atom. The van der Waals surface area contributed by atoms with Crippen LogP contribution in [0.5, 0.6) is 0 Å². The third-order valence-corrected chi connectivity index (χ3v) is 5.87. The van der Waals surface area contributed by atoms with Gasteiger partial charge in [0.2, 0.25) is 11.3 Å². The summed E-state index contributed by atoms with van der Waals surface area (Å²) in [5.74, 6) is -0.682. The number of pyridine rings is 2. The molecule has 0 saturated heterocycles. The molecule has 1 amide bonds. The molecule has 0 unspecified atom stereocenters. The predicted molar refractivity (Wildman–Crippen MR) is 133 cm³/mol. The molecule has 4 rings (SSSR count). The van der Waals surface area contributed by atoms with Crippen molar-refractivity contribution in [1.82, 2.24) is 9.55 Å². The average molecular weight is 504 g/mol. The molecule has 2 aromatic carbocycles. The van der Waals surface area contributed by atoms with Gasteiger partial charge in [0.05, 0.1) is 10.9 Å². The summed E-state index contributed by atoms with van der Waals surface area (Å²) < 4.78 is 2.40. The van der Waals surface area contributed by atoms with E-state index in [0.29, 0.717) is 28.0 Å². The number of benzene rings is 2. The number of aromatic nitrogens is 2. The number of ketones is 1. The Morgan fingerprint density at radius 2 is 1.82 bits per heavy atom. The maximum Gasteiger partial charge on any atom is 0.244 e. The van der Waals surface area contributed by atoms with Crippen LogP contribution in [0.1, 0.15) is 34.1 Å². The van der Waals surface area contributed by atoms with Gasteiger partial charge in [-0.05, 0) is 67.4 Å². The van der Waals surface area contributed by atoms with Crippen molar-refractivity contribution in [1.29, 1.82) is 0 Å². The van der Waals surface area contributed by atoms with Gasteiger partial charge >= 0.3 is 0 Å². The lowest BCUT2D eigenvalue weighted by Gasteiger charge is -2.13. The van der Waals surface area contributed by atoms with Crippen molar-refractivity contribution in [2.45, 2.75) is 26.8 Å². The van der Waals surface area contributed by atoms with Crippen LogP contribution in [-0.2, 0) is 17.8 Å². The van der Waals surface area contributed by atoms with Crippen LogP contribution in [-0.4, -0.2) is 21.2 Å². The summed E-state index contributed by atoms with van der Waals surface area (Å²) >= 11 is 3.35. The molecule has 2 aromatic heterocycles.